The standard InChI is InChI=1S/C22H36O2/c1-13-10-15-11-18(23)14(2)12-20(15,3)16-6-8-21(4)17(19(13)16)7-9-22(21,5)24/h13-17,19,24H,6-12H2,1-5H3. The Balaban J connectivity index is 1.70. The highest BCUT2D eigenvalue weighted by molar-refractivity contribution is 5.82. The molecule has 4 saturated carbocycles. The quantitative estimate of drug-likeness (QED) is 0.689. The van der Waals surface area contributed by atoms with Gasteiger partial charge in [0.15, 0.2) is 0 Å². The zero-order valence-corrected chi connectivity index (χ0v) is 16.3. The summed E-state index contributed by atoms with van der Waals surface area (Å²) in [4.78, 5) is 12.3. The predicted molar refractivity (Wildman–Crippen MR) is 96.5 cm³/mol. The van der Waals surface area contributed by atoms with E-state index >= 15 is 0 Å². The maximum Gasteiger partial charge on any atom is 0.136 e. The van der Waals surface area contributed by atoms with E-state index in [4.69, 9.17) is 0 Å². The fourth-order valence-corrected chi connectivity index (χ4v) is 8.03. The van der Waals surface area contributed by atoms with Gasteiger partial charge in [-0.3, -0.25) is 4.79 Å². The number of fused-ring (bicyclic) bond motifs is 5. The van der Waals surface area contributed by atoms with Crippen LogP contribution in [0.3, 0.4) is 0 Å². The summed E-state index contributed by atoms with van der Waals surface area (Å²) in [5.41, 5.74) is -0.0437. The fourth-order valence-electron chi connectivity index (χ4n) is 8.03. The molecule has 0 heterocycles. The number of hydrogen-bond donors (Lipinski definition) is 1. The summed E-state index contributed by atoms with van der Waals surface area (Å²) in [5, 5.41) is 11.1. The van der Waals surface area contributed by atoms with Gasteiger partial charge < -0.3 is 5.11 Å². The molecule has 0 aromatic rings. The summed E-state index contributed by atoms with van der Waals surface area (Å²) < 4.78 is 0. The lowest BCUT2D eigenvalue weighted by Crippen LogP contribution is -2.58. The van der Waals surface area contributed by atoms with Crippen molar-refractivity contribution in [1.29, 1.82) is 0 Å². The molecule has 4 aliphatic rings. The van der Waals surface area contributed by atoms with Crippen molar-refractivity contribution >= 4 is 5.78 Å². The Morgan fingerprint density at radius 3 is 2.42 bits per heavy atom. The van der Waals surface area contributed by atoms with E-state index < -0.39 is 5.60 Å². The third-order valence-corrected chi connectivity index (χ3v) is 9.73. The van der Waals surface area contributed by atoms with Crippen molar-refractivity contribution in [1.82, 2.24) is 0 Å². The number of ketones is 1. The molecule has 0 aromatic carbocycles. The molecule has 0 spiro atoms. The number of aliphatic hydroxyl groups is 1. The van der Waals surface area contributed by atoms with Gasteiger partial charge >= 0.3 is 0 Å². The molecule has 0 bridgehead atoms. The summed E-state index contributed by atoms with van der Waals surface area (Å²) >= 11 is 0. The molecule has 0 saturated heterocycles. The average molecular weight is 333 g/mol. The molecular formula is C22H36O2. The van der Waals surface area contributed by atoms with Crippen molar-refractivity contribution in [2.75, 3.05) is 0 Å². The van der Waals surface area contributed by atoms with E-state index in [9.17, 15) is 9.90 Å². The van der Waals surface area contributed by atoms with Crippen molar-refractivity contribution in [3.8, 4) is 0 Å². The van der Waals surface area contributed by atoms with E-state index in [1.807, 2.05) is 0 Å². The average Bonchev–Trinajstić information content (AvgIpc) is 2.73. The minimum Gasteiger partial charge on any atom is -0.390 e. The van der Waals surface area contributed by atoms with Gasteiger partial charge in [0.2, 0.25) is 0 Å². The molecule has 2 nitrogen and oxygen atoms in total. The van der Waals surface area contributed by atoms with E-state index in [2.05, 4.69) is 34.6 Å². The van der Waals surface area contributed by atoms with Crippen LogP contribution in [0.5, 0.6) is 0 Å². The molecule has 9 atom stereocenters. The van der Waals surface area contributed by atoms with Crippen molar-refractivity contribution in [2.24, 2.45) is 46.3 Å². The molecule has 4 aliphatic carbocycles. The van der Waals surface area contributed by atoms with Crippen LogP contribution in [0, 0.1) is 46.3 Å². The molecule has 0 aromatic heterocycles. The van der Waals surface area contributed by atoms with E-state index in [0.717, 1.165) is 31.1 Å². The van der Waals surface area contributed by atoms with Crippen LogP contribution < -0.4 is 0 Å². The van der Waals surface area contributed by atoms with Crippen LogP contribution in [0.25, 0.3) is 0 Å². The highest BCUT2D eigenvalue weighted by Gasteiger charge is 2.64. The third-order valence-electron chi connectivity index (χ3n) is 9.73. The molecule has 0 aliphatic heterocycles. The molecular weight excluding hydrogens is 296 g/mol. The lowest BCUT2D eigenvalue weighted by Gasteiger charge is -2.63. The van der Waals surface area contributed by atoms with E-state index in [-0.39, 0.29) is 11.3 Å². The van der Waals surface area contributed by atoms with Crippen LogP contribution in [0.1, 0.15) is 79.6 Å². The lowest BCUT2D eigenvalue weighted by molar-refractivity contribution is -0.170. The van der Waals surface area contributed by atoms with E-state index in [0.29, 0.717) is 29.0 Å². The van der Waals surface area contributed by atoms with Gasteiger partial charge in [-0.25, -0.2) is 0 Å². The van der Waals surface area contributed by atoms with Gasteiger partial charge in [0.05, 0.1) is 5.60 Å². The Kier molecular flexibility index (Phi) is 3.62. The van der Waals surface area contributed by atoms with Gasteiger partial charge in [-0.2, -0.15) is 0 Å². The van der Waals surface area contributed by atoms with Gasteiger partial charge in [0.25, 0.3) is 0 Å². The Bertz CT molecular complexity index is 552. The lowest BCUT2D eigenvalue weighted by atomic mass is 9.42. The number of hydrogen-bond acceptors (Lipinski definition) is 2. The molecule has 9 unspecified atom stereocenters. The Hall–Kier alpha value is -0.370. The number of rotatable bonds is 0. The maximum absolute atomic E-state index is 12.3. The molecule has 24 heavy (non-hydrogen) atoms. The van der Waals surface area contributed by atoms with Gasteiger partial charge in [0, 0.05) is 12.3 Å². The van der Waals surface area contributed by atoms with Gasteiger partial charge in [-0.15, -0.1) is 0 Å². The topological polar surface area (TPSA) is 37.3 Å². The summed E-state index contributed by atoms with van der Waals surface area (Å²) in [7, 11) is 0. The van der Waals surface area contributed by atoms with Crippen molar-refractivity contribution < 1.29 is 9.90 Å². The molecule has 136 valence electrons. The number of carbonyl (C=O) groups is 1. The monoisotopic (exact) mass is 332 g/mol. The molecule has 0 amide bonds. The van der Waals surface area contributed by atoms with Crippen LogP contribution >= 0.6 is 0 Å². The second kappa shape index (κ2) is 5.09. The zero-order valence-electron chi connectivity index (χ0n) is 16.3. The second-order valence-corrected chi connectivity index (χ2v) is 10.8. The zero-order chi connectivity index (χ0) is 17.5. The second-order valence-electron chi connectivity index (χ2n) is 10.8. The molecule has 0 radical (unpaired) electrons. The summed E-state index contributed by atoms with van der Waals surface area (Å²) in [6, 6.07) is 0. The Morgan fingerprint density at radius 2 is 1.71 bits per heavy atom. The van der Waals surface area contributed by atoms with Crippen LogP contribution in [0.4, 0.5) is 0 Å². The summed E-state index contributed by atoms with van der Waals surface area (Å²) in [6.07, 6.45) is 7.75. The van der Waals surface area contributed by atoms with Crippen molar-refractivity contribution in [3.05, 3.63) is 0 Å². The first-order valence-corrected chi connectivity index (χ1v) is 10.4. The SMILES string of the molecule is CC1CC2(C)C(CC1=O)CC(C)C1C2CCC2(C)C1CCC2(C)O. The highest BCUT2D eigenvalue weighted by Crippen LogP contribution is 2.69. The van der Waals surface area contributed by atoms with Crippen LogP contribution in [-0.4, -0.2) is 16.5 Å². The smallest absolute Gasteiger partial charge is 0.136 e. The van der Waals surface area contributed by atoms with Gasteiger partial charge in [0.1, 0.15) is 5.78 Å². The predicted octanol–water partition coefficient (Wildman–Crippen LogP) is 4.84. The highest BCUT2D eigenvalue weighted by atomic mass is 16.3. The first-order chi connectivity index (χ1) is 11.1. The molecule has 4 fully saturated rings. The van der Waals surface area contributed by atoms with Gasteiger partial charge in [-0.05, 0) is 85.9 Å². The van der Waals surface area contributed by atoms with Crippen molar-refractivity contribution in [3.63, 3.8) is 0 Å². The van der Waals surface area contributed by atoms with Crippen LogP contribution in [-0.2, 0) is 4.79 Å². The molecule has 1 N–H and O–H groups in total. The fraction of sp³-hybridized carbons (Fsp3) is 0.955. The van der Waals surface area contributed by atoms with Crippen LogP contribution in [0.2, 0.25) is 0 Å². The first-order valence-electron chi connectivity index (χ1n) is 10.4. The minimum atomic E-state index is -0.490. The summed E-state index contributed by atoms with van der Waals surface area (Å²) in [6.45, 7) is 11.6. The van der Waals surface area contributed by atoms with Gasteiger partial charge in [-0.1, -0.05) is 27.7 Å². The maximum atomic E-state index is 12.3. The largest absolute Gasteiger partial charge is 0.390 e. The number of Topliss-reactive ketones (excluding diaryl/α,β-unsaturated/α-hetero) is 1. The third kappa shape index (κ3) is 2.01. The van der Waals surface area contributed by atoms with Crippen molar-refractivity contribution in [2.45, 2.75) is 85.2 Å². The van der Waals surface area contributed by atoms with E-state index in [1.165, 1.54) is 25.7 Å². The number of carbonyl (C=O) groups excluding carboxylic acids is 1. The minimum absolute atomic E-state index is 0.0989. The molecule has 4 rings (SSSR count). The Labute approximate surface area is 147 Å². The Morgan fingerprint density at radius 1 is 1.04 bits per heavy atom. The first kappa shape index (κ1) is 17.1. The molecule has 2 heteroatoms. The summed E-state index contributed by atoms with van der Waals surface area (Å²) in [5.74, 6) is 4.24. The normalized spacial score (nSPS) is 60.3. The van der Waals surface area contributed by atoms with E-state index in [1.54, 1.807) is 0 Å². The van der Waals surface area contributed by atoms with Crippen LogP contribution in [0.15, 0.2) is 0 Å².